The number of aryl methyl sites for hydroxylation is 1. The van der Waals surface area contributed by atoms with Crippen LogP contribution in [-0.2, 0) is 31.3 Å². The maximum atomic E-state index is 5.93. The van der Waals surface area contributed by atoms with Crippen molar-refractivity contribution >= 4 is 23.5 Å². The van der Waals surface area contributed by atoms with Crippen molar-refractivity contribution in [3.63, 3.8) is 0 Å². The zero-order valence-corrected chi connectivity index (χ0v) is 14.8. The van der Waals surface area contributed by atoms with Crippen LogP contribution in [-0.4, -0.2) is 9.78 Å². The second-order valence-corrected chi connectivity index (χ2v) is 7.22. The Bertz CT molecular complexity index is 636. The number of halogens is 1. The van der Waals surface area contributed by atoms with Gasteiger partial charge in [-0.2, -0.15) is 5.10 Å². The average Bonchev–Trinajstić information content (AvgIpc) is 2.92. The van der Waals surface area contributed by atoms with Crippen LogP contribution >= 0.6 is 11.6 Å². The molecule has 1 N–H and O–H groups in total. The fourth-order valence-electron chi connectivity index (χ4n) is 3.05. The van der Waals surface area contributed by atoms with Crippen LogP contribution in [0.5, 0.6) is 0 Å². The molecule has 0 fully saturated rings. The quantitative estimate of drug-likeness (QED) is 0.663. The van der Waals surface area contributed by atoms with E-state index in [0.29, 0.717) is 0 Å². The van der Waals surface area contributed by atoms with E-state index in [1.807, 2.05) is 12.1 Å². The van der Waals surface area contributed by atoms with E-state index in [4.69, 9.17) is 16.7 Å². The summed E-state index contributed by atoms with van der Waals surface area (Å²) in [6, 6.07) is 8.24. The third-order valence-corrected chi connectivity index (χ3v) is 5.53. The maximum Gasteiger partial charge on any atom is 0.173 e. The predicted octanol–water partition coefficient (Wildman–Crippen LogP) is 3.87. The van der Waals surface area contributed by atoms with Crippen molar-refractivity contribution in [1.82, 2.24) is 14.5 Å². The lowest BCUT2D eigenvalue weighted by Gasteiger charge is -2.14. The number of benzene rings is 1. The minimum absolute atomic E-state index is 0.255. The number of hydrogen-bond donors (Lipinski definition) is 1. The fourth-order valence-corrected chi connectivity index (χ4v) is 3.94. The van der Waals surface area contributed by atoms with E-state index in [1.165, 1.54) is 41.1 Å². The highest BCUT2D eigenvalue weighted by Crippen LogP contribution is 2.26. The molecule has 3 nitrogen and oxygen atoms in total. The van der Waals surface area contributed by atoms with Crippen LogP contribution in [0.4, 0.5) is 0 Å². The second-order valence-electron chi connectivity index (χ2n) is 5.78. The van der Waals surface area contributed by atoms with Crippen LogP contribution in [0, 0.1) is 0 Å². The van der Waals surface area contributed by atoms with Gasteiger partial charge in [0.15, 0.2) is 4.90 Å². The first-order valence-corrected chi connectivity index (χ1v) is 9.26. The SMILES string of the molecule is CCc1c(C(C)N[SH+]c2ccc(Cl)cc2)nn2c1CCCC2. The van der Waals surface area contributed by atoms with Gasteiger partial charge in [0.1, 0.15) is 0 Å². The molecule has 0 radical (unpaired) electrons. The van der Waals surface area contributed by atoms with Gasteiger partial charge in [-0.3, -0.25) is 4.68 Å². The monoisotopic (exact) mass is 336 g/mol. The van der Waals surface area contributed by atoms with Gasteiger partial charge in [-0.1, -0.05) is 18.5 Å². The Morgan fingerprint density at radius 3 is 2.82 bits per heavy atom. The number of thiol groups is 1. The van der Waals surface area contributed by atoms with Crippen molar-refractivity contribution in [1.29, 1.82) is 0 Å². The average molecular weight is 337 g/mol. The Labute approximate surface area is 141 Å². The molecule has 0 spiro atoms. The summed E-state index contributed by atoms with van der Waals surface area (Å²) in [4.78, 5) is 1.22. The lowest BCUT2D eigenvalue weighted by atomic mass is 10.0. The molecular formula is C17H23ClN3S+. The summed E-state index contributed by atoms with van der Waals surface area (Å²) in [5, 5.41) is 5.66. The molecule has 1 aliphatic rings. The summed E-state index contributed by atoms with van der Waals surface area (Å²) in [5.41, 5.74) is 4.13. The number of hydrogen-bond acceptors (Lipinski definition) is 2. The molecule has 118 valence electrons. The molecule has 5 heteroatoms. The van der Waals surface area contributed by atoms with E-state index in [-0.39, 0.29) is 6.04 Å². The molecule has 1 unspecified atom stereocenters. The summed E-state index contributed by atoms with van der Waals surface area (Å²) in [7, 11) is 0. The second kappa shape index (κ2) is 7.07. The first-order chi connectivity index (χ1) is 10.7. The van der Waals surface area contributed by atoms with Gasteiger partial charge in [0.05, 0.1) is 23.7 Å². The summed E-state index contributed by atoms with van der Waals surface area (Å²) >= 11 is 7.04. The fraction of sp³-hybridized carbons (Fsp3) is 0.471. The molecule has 0 aliphatic carbocycles. The van der Waals surface area contributed by atoms with Crippen molar-refractivity contribution in [3.05, 3.63) is 46.2 Å². The van der Waals surface area contributed by atoms with Crippen molar-refractivity contribution < 1.29 is 0 Å². The number of rotatable bonds is 5. The molecule has 1 aromatic carbocycles. The van der Waals surface area contributed by atoms with Crippen LogP contribution < -0.4 is 4.72 Å². The van der Waals surface area contributed by atoms with Crippen LogP contribution in [0.1, 0.15) is 49.7 Å². The zero-order valence-electron chi connectivity index (χ0n) is 13.1. The van der Waals surface area contributed by atoms with Crippen molar-refractivity contribution in [2.45, 2.75) is 57.0 Å². The van der Waals surface area contributed by atoms with Crippen LogP contribution in [0.15, 0.2) is 29.2 Å². The first kappa shape index (κ1) is 15.9. The molecule has 1 aliphatic heterocycles. The van der Waals surface area contributed by atoms with Crippen LogP contribution in [0.3, 0.4) is 0 Å². The van der Waals surface area contributed by atoms with Gasteiger partial charge < -0.3 is 0 Å². The van der Waals surface area contributed by atoms with E-state index >= 15 is 0 Å². The minimum Gasteiger partial charge on any atom is -0.269 e. The Hall–Kier alpha value is -0.970. The van der Waals surface area contributed by atoms with Gasteiger partial charge in [0.2, 0.25) is 0 Å². The van der Waals surface area contributed by atoms with Crippen LogP contribution in [0.2, 0.25) is 5.02 Å². The van der Waals surface area contributed by atoms with Gasteiger partial charge in [0.25, 0.3) is 0 Å². The lowest BCUT2D eigenvalue weighted by molar-refractivity contribution is 0.479. The highest BCUT2D eigenvalue weighted by molar-refractivity contribution is 7.76. The Morgan fingerprint density at radius 2 is 2.09 bits per heavy atom. The zero-order chi connectivity index (χ0) is 15.5. The number of nitrogens with one attached hydrogen (secondary N) is 1. The molecular weight excluding hydrogens is 314 g/mol. The first-order valence-electron chi connectivity index (χ1n) is 7.99. The largest absolute Gasteiger partial charge is 0.269 e. The normalized spacial score (nSPS) is 15.6. The summed E-state index contributed by atoms with van der Waals surface area (Å²) < 4.78 is 5.80. The molecule has 2 heterocycles. The van der Waals surface area contributed by atoms with E-state index in [0.717, 1.165) is 29.9 Å². The highest BCUT2D eigenvalue weighted by atomic mass is 35.5. The molecule has 1 atom stereocenters. The van der Waals surface area contributed by atoms with E-state index in [1.54, 1.807) is 0 Å². The predicted molar refractivity (Wildman–Crippen MR) is 94.6 cm³/mol. The van der Waals surface area contributed by atoms with E-state index < -0.39 is 0 Å². The standard InChI is InChI=1S/C17H22ClN3S/c1-3-15-16-6-4-5-11-21(16)19-17(15)12(2)20-22-14-9-7-13(18)8-10-14/h7-10,12,20H,3-6,11H2,1-2H3/p+1. The minimum atomic E-state index is 0.255. The van der Waals surface area contributed by atoms with Gasteiger partial charge in [-0.15, -0.1) is 4.72 Å². The van der Waals surface area contributed by atoms with Crippen LogP contribution in [0.25, 0.3) is 0 Å². The number of nitrogens with zero attached hydrogens (tertiary/aromatic N) is 2. The molecule has 0 saturated heterocycles. The van der Waals surface area contributed by atoms with Gasteiger partial charge in [-0.05, 0) is 62.4 Å². The smallest absolute Gasteiger partial charge is 0.173 e. The summed E-state index contributed by atoms with van der Waals surface area (Å²) in [6.45, 7) is 5.51. The Balaban J connectivity index is 1.73. The Morgan fingerprint density at radius 1 is 1.32 bits per heavy atom. The summed E-state index contributed by atoms with van der Waals surface area (Å²) in [5.74, 6) is 0. The molecule has 0 saturated carbocycles. The maximum absolute atomic E-state index is 5.93. The third kappa shape index (κ3) is 3.34. The molecule has 0 bridgehead atoms. The van der Waals surface area contributed by atoms with E-state index in [9.17, 15) is 0 Å². The van der Waals surface area contributed by atoms with Gasteiger partial charge >= 0.3 is 0 Å². The molecule has 3 rings (SSSR count). The topological polar surface area (TPSA) is 29.9 Å². The molecule has 0 amide bonds. The van der Waals surface area contributed by atoms with Crippen molar-refractivity contribution in [2.75, 3.05) is 0 Å². The van der Waals surface area contributed by atoms with Crippen molar-refractivity contribution in [2.24, 2.45) is 0 Å². The van der Waals surface area contributed by atoms with Gasteiger partial charge in [0, 0.05) is 17.3 Å². The number of aromatic nitrogens is 2. The third-order valence-electron chi connectivity index (χ3n) is 4.21. The molecule has 1 aromatic heterocycles. The highest BCUT2D eigenvalue weighted by Gasteiger charge is 2.23. The Kier molecular flexibility index (Phi) is 5.11. The molecule has 22 heavy (non-hydrogen) atoms. The van der Waals surface area contributed by atoms with Crippen molar-refractivity contribution in [3.8, 4) is 0 Å². The van der Waals surface area contributed by atoms with Gasteiger partial charge in [-0.25, -0.2) is 0 Å². The van der Waals surface area contributed by atoms with E-state index in [2.05, 4.69) is 35.4 Å². The summed E-state index contributed by atoms with van der Waals surface area (Å²) in [6.07, 6.45) is 4.79. The molecule has 2 aromatic rings. The number of fused-ring (bicyclic) bond motifs is 1. The lowest BCUT2D eigenvalue weighted by Crippen LogP contribution is -2.19.